The van der Waals surface area contributed by atoms with Crippen molar-refractivity contribution in [1.82, 2.24) is 25.6 Å². The zero-order chi connectivity index (χ0) is 28.8. The number of hydrogen-bond acceptors (Lipinski definition) is 6. The fourth-order valence-electron chi connectivity index (χ4n) is 5.07. The number of nitrogens with one attached hydrogen (secondary N) is 2. The number of hydrogen-bond donors (Lipinski definition) is 2. The van der Waals surface area contributed by atoms with Gasteiger partial charge in [0.25, 0.3) is 5.91 Å². The normalized spacial score (nSPS) is 21.2. The van der Waals surface area contributed by atoms with E-state index in [1.54, 1.807) is 6.07 Å². The summed E-state index contributed by atoms with van der Waals surface area (Å²) in [6, 6.07) is 4.71. The van der Waals surface area contributed by atoms with E-state index < -0.39 is 23.8 Å². The molecule has 3 heterocycles. The first-order valence-corrected chi connectivity index (χ1v) is 14.1. The van der Waals surface area contributed by atoms with E-state index in [1.807, 2.05) is 13.8 Å². The monoisotopic (exact) mass is 575 g/mol. The van der Waals surface area contributed by atoms with E-state index in [2.05, 4.69) is 15.8 Å². The number of rotatable bonds is 4. The van der Waals surface area contributed by atoms with Crippen LogP contribution >= 0.6 is 11.6 Å². The highest BCUT2D eigenvalue weighted by atomic mass is 35.5. The quantitative estimate of drug-likeness (QED) is 0.578. The Kier molecular flexibility index (Phi) is 9.78. The summed E-state index contributed by atoms with van der Waals surface area (Å²) >= 11 is 5.81. The predicted octanol–water partition coefficient (Wildman–Crippen LogP) is 2.74. The fraction of sp³-hybridized carbons (Fsp3) is 0.536. The number of halogens is 2. The molecule has 1 saturated heterocycles. The number of amides is 4. The molecule has 0 radical (unpaired) electrons. The smallest absolute Gasteiger partial charge is 0.257 e. The Morgan fingerprint density at radius 1 is 1.23 bits per heavy atom. The van der Waals surface area contributed by atoms with E-state index in [0.717, 1.165) is 5.56 Å². The summed E-state index contributed by atoms with van der Waals surface area (Å²) in [5.41, 5.74) is 0.698. The van der Waals surface area contributed by atoms with Crippen LogP contribution in [0.15, 0.2) is 28.8 Å². The lowest BCUT2D eigenvalue weighted by molar-refractivity contribution is -0.137. The van der Waals surface area contributed by atoms with Gasteiger partial charge >= 0.3 is 0 Å². The maximum absolute atomic E-state index is 14.7. The van der Waals surface area contributed by atoms with Crippen LogP contribution in [0.1, 0.15) is 61.2 Å². The second kappa shape index (κ2) is 13.3. The van der Waals surface area contributed by atoms with Crippen molar-refractivity contribution in [3.05, 3.63) is 52.1 Å². The van der Waals surface area contributed by atoms with Gasteiger partial charge in [0.2, 0.25) is 17.7 Å². The molecule has 2 aromatic rings. The zero-order valence-corrected chi connectivity index (χ0v) is 23.5. The van der Waals surface area contributed by atoms with Crippen LogP contribution in [-0.2, 0) is 27.2 Å². The van der Waals surface area contributed by atoms with Gasteiger partial charge in [-0.2, -0.15) is 0 Å². The van der Waals surface area contributed by atoms with Crippen molar-refractivity contribution in [2.24, 2.45) is 5.92 Å². The number of carbonyl (C=O) groups is 4. The van der Waals surface area contributed by atoms with Crippen LogP contribution in [0.4, 0.5) is 4.39 Å². The van der Waals surface area contributed by atoms with E-state index in [-0.39, 0.29) is 60.3 Å². The van der Waals surface area contributed by atoms with Crippen molar-refractivity contribution in [3.63, 3.8) is 0 Å². The minimum Gasteiger partial charge on any atom is -0.360 e. The van der Waals surface area contributed by atoms with Gasteiger partial charge < -0.3 is 25.0 Å². The highest BCUT2D eigenvalue weighted by Crippen LogP contribution is 2.23. The SMILES string of the molecule is CC(C)[C@@H]1CN(C(=O)CCc2cc(Cl)no2)CC(=O)NCCCc2ccc(F)c(c2)C(=O)N2CCC[C@H]2C(=O)N1. The van der Waals surface area contributed by atoms with Crippen LogP contribution in [-0.4, -0.2) is 76.8 Å². The van der Waals surface area contributed by atoms with E-state index >= 15 is 0 Å². The molecule has 40 heavy (non-hydrogen) atoms. The Labute approximate surface area is 237 Å². The summed E-state index contributed by atoms with van der Waals surface area (Å²) in [5.74, 6) is -1.76. The largest absolute Gasteiger partial charge is 0.360 e. The summed E-state index contributed by atoms with van der Waals surface area (Å²) in [6.45, 7) is 4.43. The molecule has 1 aromatic carbocycles. The maximum Gasteiger partial charge on any atom is 0.257 e. The first-order valence-electron chi connectivity index (χ1n) is 13.7. The number of fused-ring (bicyclic) bond motifs is 3. The van der Waals surface area contributed by atoms with Crippen molar-refractivity contribution in [2.75, 3.05) is 26.2 Å². The number of aromatic nitrogens is 1. The molecular formula is C28H35ClFN5O5. The van der Waals surface area contributed by atoms with Crippen LogP contribution in [0.2, 0.25) is 5.15 Å². The topological polar surface area (TPSA) is 125 Å². The Hall–Kier alpha value is -3.47. The van der Waals surface area contributed by atoms with Gasteiger partial charge in [0.05, 0.1) is 12.1 Å². The molecule has 4 rings (SSSR count). The molecule has 216 valence electrons. The molecule has 2 aliphatic heterocycles. The van der Waals surface area contributed by atoms with Gasteiger partial charge in [-0.25, -0.2) is 4.39 Å². The van der Waals surface area contributed by atoms with Crippen molar-refractivity contribution in [3.8, 4) is 0 Å². The lowest BCUT2D eigenvalue weighted by Gasteiger charge is -2.32. The standard InChI is InChI=1S/C28H35ClFN5O5/c1-17(2)22-15-34(26(37)10-8-19-14-24(29)33-40-19)16-25(36)31-11-3-5-18-7-9-21(30)20(13-18)28(39)35-12-4-6-23(35)27(38)32-22/h7,9,13-14,17,22-23H,3-6,8,10-12,15-16H2,1-2H3,(H,31,36)(H,32,38)/t22-,23-/m0/s1. The number of aryl methyl sites for hydroxylation is 2. The van der Waals surface area contributed by atoms with Crippen LogP contribution in [0.3, 0.4) is 0 Å². The Bertz CT molecular complexity index is 1250. The Balaban J connectivity index is 1.57. The minimum atomic E-state index is -0.754. The van der Waals surface area contributed by atoms with E-state index in [1.165, 1.54) is 28.0 Å². The predicted molar refractivity (Wildman–Crippen MR) is 145 cm³/mol. The van der Waals surface area contributed by atoms with Crippen LogP contribution in [0.25, 0.3) is 0 Å². The third kappa shape index (κ3) is 7.38. The molecule has 0 spiro atoms. The van der Waals surface area contributed by atoms with Gasteiger partial charge in [-0.3, -0.25) is 19.2 Å². The van der Waals surface area contributed by atoms with Crippen LogP contribution in [0, 0.1) is 11.7 Å². The molecule has 2 aliphatic rings. The minimum absolute atomic E-state index is 0.0592. The van der Waals surface area contributed by atoms with E-state index in [0.29, 0.717) is 44.5 Å². The maximum atomic E-state index is 14.7. The summed E-state index contributed by atoms with van der Waals surface area (Å²) in [7, 11) is 0. The molecular weight excluding hydrogens is 541 g/mol. The fourth-order valence-corrected chi connectivity index (χ4v) is 5.22. The van der Waals surface area contributed by atoms with Crippen molar-refractivity contribution in [1.29, 1.82) is 0 Å². The zero-order valence-electron chi connectivity index (χ0n) is 22.8. The Morgan fingerprint density at radius 2 is 2.02 bits per heavy atom. The van der Waals surface area contributed by atoms with E-state index in [4.69, 9.17) is 16.1 Å². The third-order valence-electron chi connectivity index (χ3n) is 7.39. The molecule has 10 nitrogen and oxygen atoms in total. The first-order chi connectivity index (χ1) is 19.1. The van der Waals surface area contributed by atoms with Crippen LogP contribution < -0.4 is 10.6 Å². The molecule has 2 N–H and O–H groups in total. The van der Waals surface area contributed by atoms with Crippen molar-refractivity contribution in [2.45, 2.75) is 64.5 Å². The second-order valence-electron chi connectivity index (χ2n) is 10.7. The molecule has 1 fully saturated rings. The first kappa shape index (κ1) is 29.5. The summed E-state index contributed by atoms with van der Waals surface area (Å²) in [4.78, 5) is 55.8. The highest BCUT2D eigenvalue weighted by molar-refractivity contribution is 6.29. The second-order valence-corrected chi connectivity index (χ2v) is 11.1. The molecule has 4 amide bonds. The van der Waals surface area contributed by atoms with Crippen molar-refractivity contribution >= 4 is 35.2 Å². The molecule has 0 unspecified atom stereocenters. The Morgan fingerprint density at radius 3 is 2.75 bits per heavy atom. The average Bonchev–Trinajstić information content (AvgIpc) is 3.58. The van der Waals surface area contributed by atoms with Crippen LogP contribution in [0.5, 0.6) is 0 Å². The number of nitrogens with zero attached hydrogens (tertiary/aromatic N) is 3. The summed E-state index contributed by atoms with van der Waals surface area (Å²) in [6.07, 6.45) is 2.46. The lowest BCUT2D eigenvalue weighted by atomic mass is 10.0. The van der Waals surface area contributed by atoms with Gasteiger partial charge in [-0.1, -0.05) is 36.7 Å². The third-order valence-corrected chi connectivity index (χ3v) is 7.57. The lowest BCUT2D eigenvalue weighted by Crippen LogP contribution is -2.54. The van der Waals surface area contributed by atoms with Gasteiger partial charge in [-0.15, -0.1) is 0 Å². The molecule has 2 bridgehead atoms. The molecule has 0 saturated carbocycles. The van der Waals surface area contributed by atoms with Gasteiger partial charge in [0.1, 0.15) is 17.6 Å². The summed E-state index contributed by atoms with van der Waals surface area (Å²) in [5, 5.41) is 9.65. The molecule has 0 aliphatic carbocycles. The highest BCUT2D eigenvalue weighted by Gasteiger charge is 2.37. The molecule has 2 atom stereocenters. The number of benzene rings is 1. The molecule has 12 heteroatoms. The average molecular weight is 576 g/mol. The van der Waals surface area contributed by atoms with Gasteiger partial charge in [0, 0.05) is 44.6 Å². The van der Waals surface area contributed by atoms with E-state index in [9.17, 15) is 23.6 Å². The van der Waals surface area contributed by atoms with Gasteiger partial charge in [0.15, 0.2) is 5.15 Å². The van der Waals surface area contributed by atoms with Crippen molar-refractivity contribution < 1.29 is 28.1 Å². The summed E-state index contributed by atoms with van der Waals surface area (Å²) < 4.78 is 19.8. The molecule has 1 aromatic heterocycles. The number of carbonyl (C=O) groups excluding carboxylic acids is 4. The van der Waals surface area contributed by atoms with Gasteiger partial charge in [-0.05, 0) is 49.3 Å².